The third kappa shape index (κ3) is 4.73. The third-order valence-electron chi connectivity index (χ3n) is 3.88. The summed E-state index contributed by atoms with van der Waals surface area (Å²) in [5, 5.41) is 9.31. The van der Waals surface area contributed by atoms with Gasteiger partial charge in [0.15, 0.2) is 0 Å². The molecule has 0 fully saturated rings. The van der Waals surface area contributed by atoms with Gasteiger partial charge in [0.1, 0.15) is 5.75 Å². The van der Waals surface area contributed by atoms with E-state index < -0.39 is 0 Å². The smallest absolute Gasteiger partial charge is 0.115 e. The molecule has 0 aromatic heterocycles. The minimum atomic E-state index is 0.248. The zero-order chi connectivity index (χ0) is 18.4. The number of hydrogen-bond donors (Lipinski definition) is 1. The molecule has 1 N–H and O–H groups in total. The summed E-state index contributed by atoms with van der Waals surface area (Å²) in [6.45, 7) is 2.04. The number of benzene rings is 3. The predicted molar refractivity (Wildman–Crippen MR) is 109 cm³/mol. The molecule has 2 heteroatoms. The van der Waals surface area contributed by atoms with Crippen LogP contribution in [0.25, 0.3) is 0 Å². The molecular weight excluding hydrogens is 336 g/mol. The van der Waals surface area contributed by atoms with Crippen molar-refractivity contribution in [2.24, 2.45) is 0 Å². The van der Waals surface area contributed by atoms with Crippen LogP contribution in [0.2, 0.25) is 0 Å². The molecule has 1 nitrogen and oxygen atoms in total. The second-order valence-electron chi connectivity index (χ2n) is 5.81. The fraction of sp³-hybridized carbons (Fsp3) is 0.0833. The van der Waals surface area contributed by atoms with E-state index in [1.165, 1.54) is 4.90 Å². The zero-order valence-corrected chi connectivity index (χ0v) is 15.5. The minimum Gasteiger partial charge on any atom is -0.508 e. The number of hydrogen-bond acceptors (Lipinski definition) is 2. The quantitative estimate of drug-likeness (QED) is 0.477. The highest BCUT2D eigenvalue weighted by Crippen LogP contribution is 2.15. The van der Waals surface area contributed by atoms with E-state index in [4.69, 9.17) is 0 Å². The highest BCUT2D eigenvalue weighted by molar-refractivity contribution is 7.98. The molecule has 126 valence electrons. The highest BCUT2D eigenvalue weighted by Gasteiger charge is 1.97. The number of thioether (sulfide) groups is 1. The maximum atomic E-state index is 9.31. The van der Waals surface area contributed by atoms with Crippen molar-refractivity contribution in [3.05, 3.63) is 94.5 Å². The Bertz CT molecular complexity index is 1020. The number of rotatable bonds is 1. The van der Waals surface area contributed by atoms with Gasteiger partial charge in [-0.2, -0.15) is 0 Å². The summed E-state index contributed by atoms with van der Waals surface area (Å²) < 4.78 is 0. The maximum Gasteiger partial charge on any atom is 0.115 e. The van der Waals surface area contributed by atoms with E-state index in [0.717, 1.165) is 27.8 Å². The third-order valence-corrected chi connectivity index (χ3v) is 4.62. The van der Waals surface area contributed by atoms with E-state index in [1.54, 1.807) is 36.0 Å². The molecule has 0 amide bonds. The lowest BCUT2D eigenvalue weighted by Crippen LogP contribution is -1.85. The minimum absolute atomic E-state index is 0.248. The number of aromatic hydroxyl groups is 1. The summed E-state index contributed by atoms with van der Waals surface area (Å²) >= 11 is 1.73. The molecule has 0 aliphatic carbocycles. The summed E-state index contributed by atoms with van der Waals surface area (Å²) in [5.74, 6) is 13.0. The second kappa shape index (κ2) is 8.34. The monoisotopic (exact) mass is 354 g/mol. The lowest BCUT2D eigenvalue weighted by molar-refractivity contribution is 0.475. The highest BCUT2D eigenvalue weighted by atomic mass is 32.2. The van der Waals surface area contributed by atoms with Gasteiger partial charge >= 0.3 is 0 Å². The van der Waals surface area contributed by atoms with Crippen molar-refractivity contribution < 1.29 is 5.11 Å². The molecule has 3 aromatic carbocycles. The molecule has 3 rings (SSSR count). The van der Waals surface area contributed by atoms with Crippen LogP contribution in [0.4, 0.5) is 0 Å². The van der Waals surface area contributed by atoms with Gasteiger partial charge in [0.2, 0.25) is 0 Å². The molecule has 0 atom stereocenters. The van der Waals surface area contributed by atoms with Gasteiger partial charge in [0, 0.05) is 27.1 Å². The fourth-order valence-corrected chi connectivity index (χ4v) is 2.79. The number of phenols is 1. The molecule has 3 aromatic rings. The van der Waals surface area contributed by atoms with Crippen molar-refractivity contribution >= 4 is 11.8 Å². The van der Waals surface area contributed by atoms with Gasteiger partial charge in [-0.05, 0) is 85.5 Å². The Morgan fingerprint density at radius 3 is 1.85 bits per heavy atom. The SMILES string of the molecule is CSc1ccc(C#Cc2ccc(C#Cc3ccc(O)cc3)c(C)c2)cc1. The summed E-state index contributed by atoms with van der Waals surface area (Å²) in [6, 6.07) is 21.2. The van der Waals surface area contributed by atoms with Gasteiger partial charge in [-0.25, -0.2) is 0 Å². The standard InChI is InChI=1S/C24H18OS/c1-18-17-21(4-3-19-9-15-24(26-2)16-10-19)6-12-22(18)11-5-20-7-13-23(25)14-8-20/h6-10,12-17,25H,1-2H3. The van der Waals surface area contributed by atoms with Crippen molar-refractivity contribution in [3.63, 3.8) is 0 Å². The van der Waals surface area contributed by atoms with Gasteiger partial charge in [-0.1, -0.05) is 23.7 Å². The molecule has 0 radical (unpaired) electrons. The van der Waals surface area contributed by atoms with Crippen molar-refractivity contribution in [2.45, 2.75) is 11.8 Å². The predicted octanol–water partition coefficient (Wildman–Crippen LogP) is 5.22. The first-order valence-electron chi connectivity index (χ1n) is 8.22. The summed E-state index contributed by atoms with van der Waals surface area (Å²) in [4.78, 5) is 1.24. The molecule has 0 heterocycles. The van der Waals surface area contributed by atoms with E-state index in [9.17, 15) is 5.11 Å². The van der Waals surface area contributed by atoms with Gasteiger partial charge in [0.05, 0.1) is 0 Å². The average molecular weight is 354 g/mol. The Hall–Kier alpha value is -3.07. The molecule has 0 aliphatic heterocycles. The lowest BCUT2D eigenvalue weighted by atomic mass is 10.0. The molecule has 0 saturated carbocycles. The Morgan fingerprint density at radius 2 is 1.23 bits per heavy atom. The first-order valence-corrected chi connectivity index (χ1v) is 9.44. The zero-order valence-electron chi connectivity index (χ0n) is 14.7. The van der Waals surface area contributed by atoms with Crippen LogP contribution in [0.5, 0.6) is 5.75 Å². The molecule has 0 spiro atoms. The summed E-state index contributed by atoms with van der Waals surface area (Å²) in [7, 11) is 0. The Morgan fingerprint density at radius 1 is 0.692 bits per heavy atom. The van der Waals surface area contributed by atoms with Crippen LogP contribution in [0.3, 0.4) is 0 Å². The van der Waals surface area contributed by atoms with Crippen LogP contribution >= 0.6 is 11.8 Å². The molecule has 0 aliphatic rings. The van der Waals surface area contributed by atoms with Crippen molar-refractivity contribution in [2.75, 3.05) is 6.26 Å². The Labute approximate surface area is 159 Å². The van der Waals surface area contributed by atoms with Crippen LogP contribution in [0.15, 0.2) is 71.6 Å². The van der Waals surface area contributed by atoms with E-state index in [0.29, 0.717) is 0 Å². The lowest BCUT2D eigenvalue weighted by Gasteiger charge is -1.99. The van der Waals surface area contributed by atoms with Crippen LogP contribution in [0.1, 0.15) is 27.8 Å². The summed E-state index contributed by atoms with van der Waals surface area (Å²) in [6.07, 6.45) is 2.07. The van der Waals surface area contributed by atoms with Crippen molar-refractivity contribution in [1.82, 2.24) is 0 Å². The van der Waals surface area contributed by atoms with Gasteiger partial charge in [-0.3, -0.25) is 0 Å². The van der Waals surface area contributed by atoms with Crippen LogP contribution in [-0.4, -0.2) is 11.4 Å². The molecule has 0 unspecified atom stereocenters. The molecular formula is C24H18OS. The Balaban J connectivity index is 1.77. The Kier molecular flexibility index (Phi) is 5.69. The van der Waals surface area contributed by atoms with Crippen molar-refractivity contribution in [1.29, 1.82) is 0 Å². The van der Waals surface area contributed by atoms with Gasteiger partial charge in [0.25, 0.3) is 0 Å². The van der Waals surface area contributed by atoms with Crippen LogP contribution in [-0.2, 0) is 0 Å². The summed E-state index contributed by atoms with van der Waals surface area (Å²) in [5.41, 5.74) is 4.94. The first kappa shape index (κ1) is 17.7. The van der Waals surface area contributed by atoms with Crippen LogP contribution < -0.4 is 0 Å². The number of aryl methyl sites for hydroxylation is 1. The van der Waals surface area contributed by atoms with Crippen LogP contribution in [0, 0.1) is 30.6 Å². The molecule has 0 bridgehead atoms. The first-order chi connectivity index (χ1) is 12.6. The molecule has 0 saturated heterocycles. The topological polar surface area (TPSA) is 20.2 Å². The van der Waals surface area contributed by atoms with E-state index in [-0.39, 0.29) is 5.75 Å². The normalized spacial score (nSPS) is 9.62. The van der Waals surface area contributed by atoms with E-state index in [1.807, 2.05) is 31.2 Å². The van der Waals surface area contributed by atoms with Gasteiger partial charge < -0.3 is 5.11 Å². The van der Waals surface area contributed by atoms with E-state index >= 15 is 0 Å². The van der Waals surface area contributed by atoms with Crippen molar-refractivity contribution in [3.8, 4) is 29.4 Å². The second-order valence-corrected chi connectivity index (χ2v) is 6.68. The van der Waals surface area contributed by atoms with E-state index in [2.05, 4.69) is 48.1 Å². The largest absolute Gasteiger partial charge is 0.508 e. The fourth-order valence-electron chi connectivity index (χ4n) is 2.38. The number of phenolic OH excluding ortho intramolecular Hbond substituents is 1. The maximum absolute atomic E-state index is 9.31. The van der Waals surface area contributed by atoms with Gasteiger partial charge in [-0.15, -0.1) is 11.8 Å². The average Bonchev–Trinajstić information content (AvgIpc) is 2.67. The molecule has 26 heavy (non-hydrogen) atoms.